The van der Waals surface area contributed by atoms with Gasteiger partial charge in [0.1, 0.15) is 18.1 Å². The summed E-state index contributed by atoms with van der Waals surface area (Å²) in [5.74, 6) is 1.08. The number of sulfonamides is 1. The van der Waals surface area contributed by atoms with Gasteiger partial charge < -0.3 is 14.8 Å². The first-order valence-electron chi connectivity index (χ1n) is 11.5. The predicted octanol–water partition coefficient (Wildman–Crippen LogP) is 3.25. The van der Waals surface area contributed by atoms with Crippen LogP contribution in [0.25, 0.3) is 0 Å². The Bertz CT molecular complexity index is 980. The van der Waals surface area contributed by atoms with Crippen molar-refractivity contribution >= 4 is 15.9 Å². The Hall–Kier alpha value is -2.58. The lowest BCUT2D eigenvalue weighted by Crippen LogP contribution is -2.48. The molecule has 1 aliphatic heterocycles. The minimum Gasteiger partial charge on any atom is -0.497 e. The first-order chi connectivity index (χ1) is 15.9. The van der Waals surface area contributed by atoms with Gasteiger partial charge in [-0.25, -0.2) is 12.7 Å². The summed E-state index contributed by atoms with van der Waals surface area (Å²) >= 11 is 0. The number of piperidine rings is 1. The molecule has 0 saturated carbocycles. The van der Waals surface area contributed by atoms with E-state index in [1.54, 1.807) is 7.11 Å². The van der Waals surface area contributed by atoms with Gasteiger partial charge in [0.25, 0.3) is 0 Å². The molecule has 1 N–H and O–H groups in total. The van der Waals surface area contributed by atoms with E-state index >= 15 is 0 Å². The van der Waals surface area contributed by atoms with Crippen molar-refractivity contribution < 1.29 is 22.7 Å². The molecule has 2 aromatic carbocycles. The summed E-state index contributed by atoms with van der Waals surface area (Å²) in [5.41, 5.74) is 1.13. The van der Waals surface area contributed by atoms with Crippen molar-refractivity contribution in [1.29, 1.82) is 0 Å². The fourth-order valence-electron chi connectivity index (χ4n) is 3.94. The molecular formula is C25H34N2O5S. The van der Waals surface area contributed by atoms with Crippen LogP contribution in [0.1, 0.15) is 31.7 Å². The second kappa shape index (κ2) is 12.0. The van der Waals surface area contributed by atoms with Gasteiger partial charge in [0.15, 0.2) is 0 Å². The summed E-state index contributed by atoms with van der Waals surface area (Å²) in [6, 6.07) is 16.9. The summed E-state index contributed by atoms with van der Waals surface area (Å²) in [6.07, 6.45) is 2.67. The number of ether oxygens (including phenoxy) is 2. The number of methoxy groups -OCH3 is 1. The lowest BCUT2D eigenvalue weighted by molar-refractivity contribution is -0.126. The number of carbonyl (C=O) groups excluding carboxylic acids is 1. The molecule has 0 aromatic heterocycles. The highest BCUT2D eigenvalue weighted by molar-refractivity contribution is 7.89. The first kappa shape index (κ1) is 25.1. The van der Waals surface area contributed by atoms with E-state index in [0.717, 1.165) is 17.7 Å². The number of carbonyl (C=O) groups is 1. The Balaban J connectivity index is 1.44. The zero-order valence-corrected chi connectivity index (χ0v) is 20.2. The third kappa shape index (κ3) is 7.75. The highest BCUT2D eigenvalue weighted by Crippen LogP contribution is 2.21. The zero-order valence-electron chi connectivity index (χ0n) is 19.4. The highest BCUT2D eigenvalue weighted by atomic mass is 32.2. The van der Waals surface area contributed by atoms with Gasteiger partial charge in [0.05, 0.1) is 24.8 Å². The van der Waals surface area contributed by atoms with Gasteiger partial charge in [-0.2, -0.15) is 0 Å². The van der Waals surface area contributed by atoms with Gasteiger partial charge in [-0.1, -0.05) is 30.3 Å². The second-order valence-electron chi connectivity index (χ2n) is 8.50. The van der Waals surface area contributed by atoms with E-state index in [4.69, 9.17) is 9.47 Å². The van der Waals surface area contributed by atoms with Gasteiger partial charge >= 0.3 is 0 Å². The molecule has 1 saturated heterocycles. The zero-order chi connectivity index (χ0) is 23.7. The van der Waals surface area contributed by atoms with Gasteiger partial charge in [-0.3, -0.25) is 4.79 Å². The van der Waals surface area contributed by atoms with Crippen molar-refractivity contribution in [2.24, 2.45) is 5.92 Å². The quantitative estimate of drug-likeness (QED) is 0.540. The van der Waals surface area contributed by atoms with Crippen LogP contribution in [0, 0.1) is 5.92 Å². The van der Waals surface area contributed by atoms with E-state index in [1.165, 1.54) is 4.31 Å². The molecule has 2 aromatic rings. The van der Waals surface area contributed by atoms with Crippen molar-refractivity contribution in [3.8, 4) is 11.5 Å². The molecule has 0 unspecified atom stereocenters. The number of aryl methyl sites for hydroxylation is 1. The van der Waals surface area contributed by atoms with Gasteiger partial charge in [0, 0.05) is 13.1 Å². The van der Waals surface area contributed by atoms with E-state index in [1.807, 2.05) is 61.5 Å². The van der Waals surface area contributed by atoms with Crippen LogP contribution in [0.3, 0.4) is 0 Å². The third-order valence-corrected chi connectivity index (χ3v) is 7.73. The standard InChI is InChI=1S/C25H34N2O5S/c1-20(19-32-24-14-12-23(31-2)13-15-24)26-25(28)22-11-6-16-27(18-22)33(29,30)17-7-10-21-8-4-3-5-9-21/h3-5,8-9,12-15,20,22H,6-7,10-11,16-19H2,1-2H3,(H,26,28)/t20-,22-/m1/s1. The molecule has 7 nitrogen and oxygen atoms in total. The molecule has 1 heterocycles. The number of benzene rings is 2. The Morgan fingerprint density at radius 2 is 1.82 bits per heavy atom. The summed E-state index contributed by atoms with van der Waals surface area (Å²) in [5, 5.41) is 2.97. The van der Waals surface area contributed by atoms with Gasteiger partial charge in [0.2, 0.25) is 15.9 Å². The predicted molar refractivity (Wildman–Crippen MR) is 129 cm³/mol. The van der Waals surface area contributed by atoms with Crippen molar-refractivity contribution in [3.63, 3.8) is 0 Å². The fourth-order valence-corrected chi connectivity index (χ4v) is 5.52. The third-order valence-electron chi connectivity index (χ3n) is 5.81. The molecule has 1 aliphatic rings. The summed E-state index contributed by atoms with van der Waals surface area (Å²) in [6.45, 7) is 2.92. The second-order valence-corrected chi connectivity index (χ2v) is 10.6. The summed E-state index contributed by atoms with van der Waals surface area (Å²) < 4.78 is 38.0. The monoisotopic (exact) mass is 474 g/mol. The summed E-state index contributed by atoms with van der Waals surface area (Å²) in [7, 11) is -1.78. The Morgan fingerprint density at radius 3 is 2.52 bits per heavy atom. The minimum atomic E-state index is -3.38. The molecule has 1 amide bonds. The van der Waals surface area contributed by atoms with Crippen molar-refractivity contribution in [2.45, 2.75) is 38.6 Å². The molecule has 0 bridgehead atoms. The molecule has 0 aliphatic carbocycles. The van der Waals surface area contributed by atoms with Gasteiger partial charge in [-0.05, 0) is 62.4 Å². The van der Waals surface area contributed by atoms with Gasteiger partial charge in [-0.15, -0.1) is 0 Å². The normalized spacial score (nSPS) is 17.8. The van der Waals surface area contributed by atoms with E-state index in [2.05, 4.69) is 5.32 Å². The maximum absolute atomic E-state index is 12.8. The average Bonchev–Trinajstić information content (AvgIpc) is 2.83. The smallest absolute Gasteiger partial charge is 0.224 e. The number of amides is 1. The lowest BCUT2D eigenvalue weighted by Gasteiger charge is -2.32. The number of hydrogen-bond donors (Lipinski definition) is 1. The van der Waals surface area contributed by atoms with Crippen LogP contribution >= 0.6 is 0 Å². The molecule has 0 radical (unpaired) electrons. The topological polar surface area (TPSA) is 84.9 Å². The number of nitrogens with zero attached hydrogens (tertiary/aromatic N) is 1. The SMILES string of the molecule is COc1ccc(OC[C@@H](C)NC(=O)[C@@H]2CCCN(S(=O)(=O)CCCc3ccccc3)C2)cc1. The van der Waals surface area contributed by atoms with Crippen LogP contribution in [0.5, 0.6) is 11.5 Å². The van der Waals surface area contributed by atoms with Crippen molar-refractivity contribution in [2.75, 3.05) is 32.6 Å². The number of nitrogens with one attached hydrogen (secondary N) is 1. The van der Waals surface area contributed by atoms with Crippen LogP contribution in [0.2, 0.25) is 0 Å². The van der Waals surface area contributed by atoms with E-state index < -0.39 is 10.0 Å². The largest absolute Gasteiger partial charge is 0.497 e. The molecule has 1 fully saturated rings. The Kier molecular flexibility index (Phi) is 9.14. The van der Waals surface area contributed by atoms with Crippen molar-refractivity contribution in [3.05, 3.63) is 60.2 Å². The Morgan fingerprint density at radius 1 is 1.12 bits per heavy atom. The lowest BCUT2D eigenvalue weighted by atomic mass is 9.98. The van der Waals surface area contributed by atoms with E-state index in [-0.39, 0.29) is 30.2 Å². The Labute approximate surface area is 197 Å². The molecule has 0 spiro atoms. The first-order valence-corrected chi connectivity index (χ1v) is 13.1. The molecule has 8 heteroatoms. The molecular weight excluding hydrogens is 440 g/mol. The fraction of sp³-hybridized carbons (Fsp3) is 0.480. The van der Waals surface area contributed by atoms with E-state index in [0.29, 0.717) is 38.2 Å². The maximum Gasteiger partial charge on any atom is 0.224 e. The minimum absolute atomic E-state index is 0.0995. The summed E-state index contributed by atoms with van der Waals surface area (Å²) in [4.78, 5) is 12.8. The molecule has 3 rings (SSSR count). The molecule has 2 atom stereocenters. The van der Waals surface area contributed by atoms with Crippen LogP contribution in [-0.2, 0) is 21.2 Å². The molecule has 33 heavy (non-hydrogen) atoms. The average molecular weight is 475 g/mol. The van der Waals surface area contributed by atoms with Crippen LogP contribution in [0.4, 0.5) is 0 Å². The van der Waals surface area contributed by atoms with Crippen LogP contribution in [-0.4, -0.2) is 57.2 Å². The van der Waals surface area contributed by atoms with Crippen LogP contribution < -0.4 is 14.8 Å². The van der Waals surface area contributed by atoms with Crippen LogP contribution in [0.15, 0.2) is 54.6 Å². The highest BCUT2D eigenvalue weighted by Gasteiger charge is 2.32. The maximum atomic E-state index is 12.8. The molecule has 180 valence electrons. The number of rotatable bonds is 11. The van der Waals surface area contributed by atoms with Crippen molar-refractivity contribution in [1.82, 2.24) is 9.62 Å². The van der Waals surface area contributed by atoms with E-state index in [9.17, 15) is 13.2 Å². The number of hydrogen-bond acceptors (Lipinski definition) is 5.